The maximum atomic E-state index is 2.35. The van der Waals surface area contributed by atoms with Crippen LogP contribution in [0.1, 0.15) is 13.3 Å². The van der Waals surface area contributed by atoms with Gasteiger partial charge in [-0.2, -0.15) is 0 Å². The number of rotatable bonds is 0. The van der Waals surface area contributed by atoms with Gasteiger partial charge in [-0.25, -0.2) is 0 Å². The van der Waals surface area contributed by atoms with Gasteiger partial charge in [0.1, 0.15) is 0 Å². The molecule has 8 heavy (non-hydrogen) atoms. The third-order valence-electron chi connectivity index (χ3n) is 1.79. The molecule has 0 saturated carbocycles. The summed E-state index contributed by atoms with van der Waals surface area (Å²) in [6.07, 6.45) is 5.70. The van der Waals surface area contributed by atoms with Crippen LogP contribution in [0.5, 0.6) is 0 Å². The quantitative estimate of drug-likeness (QED) is 0.425. The molecule has 0 spiro atoms. The molecule has 0 aromatic carbocycles. The molecular weight excluding hydrogens is 98.1 g/mol. The van der Waals surface area contributed by atoms with Crippen LogP contribution < -0.4 is 0 Å². The van der Waals surface area contributed by atoms with Crippen LogP contribution in [0.15, 0.2) is 12.2 Å². The van der Waals surface area contributed by atoms with E-state index in [2.05, 4.69) is 31.0 Å². The van der Waals surface area contributed by atoms with E-state index in [1.807, 2.05) is 0 Å². The summed E-state index contributed by atoms with van der Waals surface area (Å²) in [6, 6.07) is 0.750. The first-order chi connectivity index (χ1) is 3.80. The Hall–Kier alpha value is -0.300. The molecule has 0 aromatic heterocycles. The second kappa shape index (κ2) is 2.31. The lowest BCUT2D eigenvalue weighted by molar-refractivity contribution is 0.275. The van der Waals surface area contributed by atoms with Crippen molar-refractivity contribution in [3.8, 4) is 0 Å². The summed E-state index contributed by atoms with van der Waals surface area (Å²) >= 11 is 0. The molecule has 1 nitrogen and oxygen atoms in total. The molecule has 1 rings (SSSR count). The van der Waals surface area contributed by atoms with Crippen molar-refractivity contribution in [1.82, 2.24) is 4.90 Å². The number of hydrogen-bond donors (Lipinski definition) is 0. The molecule has 1 heterocycles. The Morgan fingerprint density at radius 2 is 2.25 bits per heavy atom. The Morgan fingerprint density at radius 1 is 1.50 bits per heavy atom. The van der Waals surface area contributed by atoms with Crippen molar-refractivity contribution in [3.05, 3.63) is 12.2 Å². The van der Waals surface area contributed by atoms with Gasteiger partial charge in [-0.1, -0.05) is 12.2 Å². The van der Waals surface area contributed by atoms with Gasteiger partial charge in [0.15, 0.2) is 0 Å². The topological polar surface area (TPSA) is 3.24 Å². The third-order valence-corrected chi connectivity index (χ3v) is 1.79. The molecule has 46 valence electrons. The Labute approximate surface area is 51.0 Å². The second-order valence-electron chi connectivity index (χ2n) is 2.50. The van der Waals surface area contributed by atoms with E-state index >= 15 is 0 Å². The predicted octanol–water partition coefficient (Wildman–Crippen LogP) is 1.27. The average molecular weight is 111 g/mol. The van der Waals surface area contributed by atoms with E-state index < -0.39 is 0 Å². The summed E-state index contributed by atoms with van der Waals surface area (Å²) in [5, 5.41) is 0. The van der Waals surface area contributed by atoms with Gasteiger partial charge in [-0.15, -0.1) is 0 Å². The van der Waals surface area contributed by atoms with Crippen molar-refractivity contribution in [2.75, 3.05) is 13.6 Å². The maximum absolute atomic E-state index is 2.35. The van der Waals surface area contributed by atoms with Crippen molar-refractivity contribution < 1.29 is 0 Å². The summed E-state index contributed by atoms with van der Waals surface area (Å²) in [5.41, 5.74) is 0. The summed E-state index contributed by atoms with van der Waals surface area (Å²) in [7, 11) is 2.16. The molecule has 0 aliphatic carbocycles. The predicted molar refractivity (Wildman–Crippen MR) is 35.8 cm³/mol. The van der Waals surface area contributed by atoms with E-state index in [-0.39, 0.29) is 0 Å². The van der Waals surface area contributed by atoms with Crippen LogP contribution in [-0.4, -0.2) is 24.5 Å². The molecule has 0 N–H and O–H groups in total. The smallest absolute Gasteiger partial charge is 0.0163 e. The highest BCUT2D eigenvalue weighted by Crippen LogP contribution is 2.06. The van der Waals surface area contributed by atoms with Gasteiger partial charge >= 0.3 is 0 Å². The first-order valence-electron chi connectivity index (χ1n) is 3.16. The SMILES string of the molecule is C[C@H]1CC=CCN1C. The molecule has 0 amide bonds. The zero-order chi connectivity index (χ0) is 5.98. The van der Waals surface area contributed by atoms with Gasteiger partial charge in [0.2, 0.25) is 0 Å². The summed E-state index contributed by atoms with van der Waals surface area (Å²) < 4.78 is 0. The normalized spacial score (nSPS) is 31.0. The fourth-order valence-electron chi connectivity index (χ4n) is 0.894. The fourth-order valence-corrected chi connectivity index (χ4v) is 0.894. The van der Waals surface area contributed by atoms with Crippen LogP contribution in [0.3, 0.4) is 0 Å². The highest BCUT2D eigenvalue weighted by Gasteiger charge is 2.07. The van der Waals surface area contributed by atoms with Crippen LogP contribution in [0, 0.1) is 0 Å². The highest BCUT2D eigenvalue weighted by atomic mass is 15.1. The van der Waals surface area contributed by atoms with Crippen LogP contribution in [0.4, 0.5) is 0 Å². The van der Waals surface area contributed by atoms with E-state index in [0.717, 1.165) is 12.6 Å². The van der Waals surface area contributed by atoms with Gasteiger partial charge in [0, 0.05) is 12.6 Å². The number of nitrogens with zero attached hydrogens (tertiary/aromatic N) is 1. The Balaban J connectivity index is 2.44. The first kappa shape index (κ1) is 5.83. The molecule has 1 aliphatic rings. The molecule has 0 unspecified atom stereocenters. The lowest BCUT2D eigenvalue weighted by atomic mass is 10.1. The average Bonchev–Trinajstić information content (AvgIpc) is 1.77. The van der Waals surface area contributed by atoms with Crippen LogP contribution in [0.25, 0.3) is 0 Å². The minimum atomic E-state index is 0.750. The standard InChI is InChI=1S/C7H13N/c1-7-5-3-4-6-8(7)2/h3-4,7H,5-6H2,1-2H3/t7-/m0/s1. The Morgan fingerprint density at radius 3 is 2.62 bits per heavy atom. The molecule has 1 aliphatic heterocycles. The van der Waals surface area contributed by atoms with E-state index in [9.17, 15) is 0 Å². The Kier molecular flexibility index (Phi) is 1.69. The fraction of sp³-hybridized carbons (Fsp3) is 0.714. The molecule has 0 saturated heterocycles. The second-order valence-corrected chi connectivity index (χ2v) is 2.50. The first-order valence-corrected chi connectivity index (χ1v) is 3.16. The Bertz CT molecular complexity index is 84.6. The third kappa shape index (κ3) is 1.10. The van der Waals surface area contributed by atoms with Crippen molar-refractivity contribution >= 4 is 0 Å². The summed E-state index contributed by atoms with van der Waals surface area (Å²) in [5.74, 6) is 0. The lowest BCUT2D eigenvalue weighted by Gasteiger charge is -2.25. The van der Waals surface area contributed by atoms with Gasteiger partial charge < -0.3 is 0 Å². The maximum Gasteiger partial charge on any atom is 0.0163 e. The van der Waals surface area contributed by atoms with E-state index in [1.54, 1.807) is 0 Å². The van der Waals surface area contributed by atoms with Crippen LogP contribution >= 0.6 is 0 Å². The highest BCUT2D eigenvalue weighted by molar-refractivity contribution is 4.93. The van der Waals surface area contributed by atoms with Gasteiger partial charge in [0.05, 0.1) is 0 Å². The van der Waals surface area contributed by atoms with Gasteiger partial charge in [0.25, 0.3) is 0 Å². The zero-order valence-corrected chi connectivity index (χ0v) is 5.59. The lowest BCUT2D eigenvalue weighted by Crippen LogP contribution is -2.30. The molecule has 0 bridgehead atoms. The van der Waals surface area contributed by atoms with Crippen molar-refractivity contribution in [3.63, 3.8) is 0 Å². The summed E-state index contributed by atoms with van der Waals surface area (Å²) in [4.78, 5) is 2.35. The van der Waals surface area contributed by atoms with E-state index in [4.69, 9.17) is 0 Å². The summed E-state index contributed by atoms with van der Waals surface area (Å²) in [6.45, 7) is 3.38. The molecule has 1 heteroatoms. The number of likely N-dealkylation sites (N-methyl/N-ethyl adjacent to an activating group) is 1. The molecule has 0 radical (unpaired) electrons. The minimum Gasteiger partial charge on any atom is -0.300 e. The largest absolute Gasteiger partial charge is 0.300 e. The van der Waals surface area contributed by atoms with E-state index in [1.165, 1.54) is 6.42 Å². The molecule has 0 fully saturated rings. The van der Waals surface area contributed by atoms with E-state index in [0.29, 0.717) is 0 Å². The zero-order valence-electron chi connectivity index (χ0n) is 5.59. The van der Waals surface area contributed by atoms with Crippen molar-refractivity contribution in [2.45, 2.75) is 19.4 Å². The molecular formula is C7H13N. The van der Waals surface area contributed by atoms with Gasteiger partial charge in [-0.05, 0) is 20.4 Å². The van der Waals surface area contributed by atoms with Crippen molar-refractivity contribution in [2.24, 2.45) is 0 Å². The monoisotopic (exact) mass is 111 g/mol. The molecule has 1 atom stereocenters. The van der Waals surface area contributed by atoms with Crippen LogP contribution in [-0.2, 0) is 0 Å². The molecule has 0 aromatic rings. The van der Waals surface area contributed by atoms with Crippen LogP contribution in [0.2, 0.25) is 0 Å². The van der Waals surface area contributed by atoms with Gasteiger partial charge in [-0.3, -0.25) is 4.90 Å². The minimum absolute atomic E-state index is 0.750. The van der Waals surface area contributed by atoms with Crippen molar-refractivity contribution in [1.29, 1.82) is 0 Å². The number of hydrogen-bond acceptors (Lipinski definition) is 1.